The van der Waals surface area contributed by atoms with Gasteiger partial charge in [-0.1, -0.05) is 19.1 Å². The summed E-state index contributed by atoms with van der Waals surface area (Å²) in [4.78, 5) is 29.7. The zero-order chi connectivity index (χ0) is 18.2. The predicted octanol–water partition coefficient (Wildman–Crippen LogP) is 2.45. The third-order valence-electron chi connectivity index (χ3n) is 3.14. The van der Waals surface area contributed by atoms with Crippen molar-refractivity contribution in [2.24, 2.45) is 16.5 Å². The van der Waals surface area contributed by atoms with Crippen LogP contribution in [0.5, 0.6) is 0 Å². The van der Waals surface area contributed by atoms with E-state index in [1.807, 2.05) is 18.2 Å². The average molecular weight is 377 g/mol. The fourth-order valence-electron chi connectivity index (χ4n) is 2.09. The van der Waals surface area contributed by atoms with Crippen LogP contribution in [0.3, 0.4) is 0 Å². The highest BCUT2D eigenvalue weighted by atomic mass is 32.2. The van der Waals surface area contributed by atoms with E-state index in [1.165, 1.54) is 16.2 Å². The molecule has 0 aliphatic heterocycles. The second-order valence-electron chi connectivity index (χ2n) is 5.06. The Morgan fingerprint density at radius 2 is 2.04 bits per heavy atom. The normalized spacial score (nSPS) is 10.3. The Morgan fingerprint density at radius 3 is 2.76 bits per heavy atom. The Balaban J connectivity index is 1.96. The van der Waals surface area contributed by atoms with Gasteiger partial charge in [0.05, 0.1) is 4.88 Å². The summed E-state index contributed by atoms with van der Waals surface area (Å²) < 4.78 is 0. The minimum absolute atomic E-state index is 0.0537. The molecule has 0 saturated carbocycles. The van der Waals surface area contributed by atoms with Crippen LogP contribution in [0, 0.1) is 0 Å². The maximum atomic E-state index is 12.2. The molecule has 0 fully saturated rings. The highest BCUT2D eigenvalue weighted by Gasteiger charge is 2.11. The summed E-state index contributed by atoms with van der Waals surface area (Å²) in [6.07, 6.45) is 0.0537. The Kier molecular flexibility index (Phi) is 7.03. The molecular formula is C17H20N4O2S2. The van der Waals surface area contributed by atoms with Crippen molar-refractivity contribution in [1.82, 2.24) is 5.32 Å². The van der Waals surface area contributed by atoms with Gasteiger partial charge < -0.3 is 16.8 Å². The lowest BCUT2D eigenvalue weighted by Gasteiger charge is -2.02. The molecule has 0 spiro atoms. The topological polar surface area (TPSA) is 111 Å². The molecule has 0 unspecified atom stereocenters. The molecule has 5 N–H and O–H groups in total. The van der Waals surface area contributed by atoms with Gasteiger partial charge in [-0.05, 0) is 35.6 Å². The molecule has 6 nitrogen and oxygen atoms in total. The van der Waals surface area contributed by atoms with Gasteiger partial charge in [-0.15, -0.1) is 23.1 Å². The van der Waals surface area contributed by atoms with E-state index in [-0.39, 0.29) is 24.8 Å². The second-order valence-corrected chi connectivity index (χ2v) is 7.48. The van der Waals surface area contributed by atoms with Crippen LogP contribution >= 0.6 is 23.1 Å². The molecular weight excluding hydrogens is 356 g/mol. The van der Waals surface area contributed by atoms with Crippen molar-refractivity contribution in [3.05, 3.63) is 41.3 Å². The number of nitrogens with zero attached hydrogens (tertiary/aromatic N) is 1. The number of thioether (sulfide) groups is 1. The van der Waals surface area contributed by atoms with Crippen LogP contribution in [0.1, 0.15) is 23.0 Å². The summed E-state index contributed by atoms with van der Waals surface area (Å²) in [5.74, 6) is 0.0630. The lowest BCUT2D eigenvalue weighted by Crippen LogP contribution is -2.27. The van der Waals surface area contributed by atoms with Gasteiger partial charge in [0, 0.05) is 22.7 Å². The van der Waals surface area contributed by atoms with E-state index in [9.17, 15) is 9.59 Å². The molecule has 0 aliphatic carbocycles. The molecule has 1 aromatic heterocycles. The number of hydrogen-bond acceptors (Lipinski definition) is 4. The molecule has 2 amide bonds. The van der Waals surface area contributed by atoms with Gasteiger partial charge in [0.25, 0.3) is 11.8 Å². The monoisotopic (exact) mass is 376 g/mol. The van der Waals surface area contributed by atoms with Crippen molar-refractivity contribution < 1.29 is 9.59 Å². The van der Waals surface area contributed by atoms with E-state index in [0.29, 0.717) is 4.88 Å². The van der Waals surface area contributed by atoms with Crippen LogP contribution in [0.2, 0.25) is 0 Å². The molecule has 8 heteroatoms. The number of carbonyl (C=O) groups is 2. The number of rotatable bonds is 7. The van der Waals surface area contributed by atoms with Crippen LogP contribution in [0.15, 0.2) is 46.3 Å². The molecule has 0 radical (unpaired) electrons. The summed E-state index contributed by atoms with van der Waals surface area (Å²) in [5.41, 5.74) is 11.3. The van der Waals surface area contributed by atoms with Gasteiger partial charge in [-0.25, -0.2) is 0 Å². The minimum Gasteiger partial charge on any atom is -0.370 e. The zero-order valence-electron chi connectivity index (χ0n) is 13.8. The number of amides is 2. The number of nitrogens with two attached hydrogens (primary N) is 2. The van der Waals surface area contributed by atoms with E-state index < -0.39 is 5.91 Å². The summed E-state index contributed by atoms with van der Waals surface area (Å²) in [5, 5.41) is 2.70. The van der Waals surface area contributed by atoms with Crippen molar-refractivity contribution in [2.45, 2.75) is 18.2 Å². The summed E-state index contributed by atoms with van der Waals surface area (Å²) in [7, 11) is 0. The molecule has 25 heavy (non-hydrogen) atoms. The zero-order valence-corrected chi connectivity index (χ0v) is 15.5. The van der Waals surface area contributed by atoms with E-state index in [2.05, 4.69) is 29.4 Å². The largest absolute Gasteiger partial charge is 0.370 e. The molecule has 0 atom stereocenters. The molecule has 1 heterocycles. The minimum atomic E-state index is -0.461. The van der Waals surface area contributed by atoms with Crippen LogP contribution in [-0.4, -0.2) is 30.1 Å². The lowest BCUT2D eigenvalue weighted by atomic mass is 10.2. The summed E-state index contributed by atoms with van der Waals surface area (Å²) >= 11 is 3.20. The fraction of sp³-hybridized carbons (Fsp3) is 0.235. The van der Waals surface area contributed by atoms with Crippen LogP contribution in [0.25, 0.3) is 10.4 Å². The first-order chi connectivity index (χ1) is 12.0. The number of carbonyl (C=O) groups excluding carboxylic acids is 2. The second kappa shape index (κ2) is 9.24. The fourth-order valence-corrected chi connectivity index (χ4v) is 3.73. The SMILES string of the molecule is CCSc1cccc(-c2ccc(C(=O)NCCC(=O)N=C(N)N)s2)c1. The average Bonchev–Trinajstić information content (AvgIpc) is 3.05. The maximum Gasteiger partial charge on any atom is 0.261 e. The third-order valence-corrected chi connectivity index (χ3v) is 5.15. The van der Waals surface area contributed by atoms with E-state index in [1.54, 1.807) is 17.8 Å². The smallest absolute Gasteiger partial charge is 0.261 e. The first-order valence-corrected chi connectivity index (χ1v) is 9.53. The van der Waals surface area contributed by atoms with Crippen molar-refractivity contribution >= 4 is 40.9 Å². The van der Waals surface area contributed by atoms with Gasteiger partial charge in [0.15, 0.2) is 5.96 Å². The number of benzene rings is 1. The van der Waals surface area contributed by atoms with Gasteiger partial charge in [0.1, 0.15) is 0 Å². The number of hydrogen-bond donors (Lipinski definition) is 3. The maximum absolute atomic E-state index is 12.2. The molecule has 2 aromatic rings. The van der Waals surface area contributed by atoms with Crippen LogP contribution < -0.4 is 16.8 Å². The number of guanidine groups is 1. The van der Waals surface area contributed by atoms with Crippen molar-refractivity contribution in [3.8, 4) is 10.4 Å². The van der Waals surface area contributed by atoms with Gasteiger partial charge in [-0.3, -0.25) is 9.59 Å². The molecule has 1 aromatic carbocycles. The summed E-state index contributed by atoms with van der Waals surface area (Å²) in [6.45, 7) is 2.30. The van der Waals surface area contributed by atoms with E-state index >= 15 is 0 Å². The van der Waals surface area contributed by atoms with Crippen molar-refractivity contribution in [2.75, 3.05) is 12.3 Å². The van der Waals surface area contributed by atoms with Crippen LogP contribution in [0.4, 0.5) is 0 Å². The number of nitrogens with one attached hydrogen (secondary N) is 1. The van der Waals surface area contributed by atoms with E-state index in [0.717, 1.165) is 16.2 Å². The highest BCUT2D eigenvalue weighted by molar-refractivity contribution is 7.99. The standard InChI is InChI=1S/C17H20N4O2S2/c1-2-24-12-5-3-4-11(10-12)13-6-7-14(25-13)16(23)20-9-8-15(22)21-17(18)19/h3-7,10H,2,8-9H2,1H3,(H,20,23)(H4,18,19,21,22). The summed E-state index contributed by atoms with van der Waals surface area (Å²) in [6, 6.07) is 12.0. The van der Waals surface area contributed by atoms with Gasteiger partial charge in [-0.2, -0.15) is 4.99 Å². The quantitative estimate of drug-likeness (QED) is 0.390. The highest BCUT2D eigenvalue weighted by Crippen LogP contribution is 2.31. The van der Waals surface area contributed by atoms with Gasteiger partial charge in [0.2, 0.25) is 0 Å². The van der Waals surface area contributed by atoms with E-state index in [4.69, 9.17) is 11.5 Å². The molecule has 132 valence electrons. The molecule has 0 bridgehead atoms. The molecule has 0 aliphatic rings. The van der Waals surface area contributed by atoms with Gasteiger partial charge >= 0.3 is 0 Å². The Labute approximate surface area is 154 Å². The molecule has 2 rings (SSSR count). The third kappa shape index (κ3) is 5.91. The number of thiophene rings is 1. The Morgan fingerprint density at radius 1 is 1.24 bits per heavy atom. The first kappa shape index (κ1) is 19.0. The first-order valence-electron chi connectivity index (χ1n) is 7.73. The molecule has 0 saturated heterocycles. The lowest BCUT2D eigenvalue weighted by molar-refractivity contribution is -0.117. The van der Waals surface area contributed by atoms with Crippen LogP contribution in [-0.2, 0) is 4.79 Å². The number of aliphatic imine (C=N–C) groups is 1. The van der Waals surface area contributed by atoms with Crippen molar-refractivity contribution in [3.63, 3.8) is 0 Å². The Hall–Kier alpha value is -2.32. The van der Waals surface area contributed by atoms with Crippen molar-refractivity contribution in [1.29, 1.82) is 0 Å². The Bertz CT molecular complexity index is 782. The predicted molar refractivity (Wildman–Crippen MR) is 104 cm³/mol.